The Morgan fingerprint density at radius 2 is 2.55 bits per heavy atom. The average molecular weight is 151 g/mol. The van der Waals surface area contributed by atoms with Crippen molar-refractivity contribution in [1.29, 1.82) is 5.26 Å². The minimum Gasteiger partial charge on any atom is -0.362 e. The van der Waals surface area contributed by atoms with Crippen LogP contribution >= 0.6 is 0 Å². The Kier molecular flexibility index (Phi) is 2.08. The van der Waals surface area contributed by atoms with Gasteiger partial charge in [-0.05, 0) is 12.2 Å². The van der Waals surface area contributed by atoms with Gasteiger partial charge in [-0.1, -0.05) is 6.08 Å². The molecule has 0 saturated heterocycles. The second-order valence-corrected chi connectivity index (χ2v) is 2.36. The lowest BCUT2D eigenvalue weighted by molar-refractivity contribution is -0.143. The van der Waals surface area contributed by atoms with Crippen molar-refractivity contribution < 1.29 is 9.84 Å². The summed E-state index contributed by atoms with van der Waals surface area (Å²) in [6.07, 6.45) is 5.00. The average Bonchev–Trinajstić information content (AvgIpc) is 2.06. The molecule has 1 rings (SSSR count). The minimum atomic E-state index is -1.21. The van der Waals surface area contributed by atoms with Crippen LogP contribution in [0.15, 0.2) is 23.8 Å². The largest absolute Gasteiger partial charge is 0.362 e. The molecule has 1 aliphatic carbocycles. The van der Waals surface area contributed by atoms with E-state index in [0.29, 0.717) is 12.0 Å². The van der Waals surface area contributed by atoms with Crippen molar-refractivity contribution in [2.45, 2.75) is 12.2 Å². The van der Waals surface area contributed by atoms with Gasteiger partial charge in [-0.3, -0.25) is 0 Å². The van der Waals surface area contributed by atoms with Gasteiger partial charge in [0, 0.05) is 19.1 Å². The van der Waals surface area contributed by atoms with E-state index in [9.17, 15) is 5.11 Å². The summed E-state index contributed by atoms with van der Waals surface area (Å²) in [7, 11) is 1.43. The minimum absolute atomic E-state index is 0.336. The van der Waals surface area contributed by atoms with Crippen molar-refractivity contribution in [3.05, 3.63) is 23.8 Å². The molecule has 0 aromatic carbocycles. The van der Waals surface area contributed by atoms with Crippen LogP contribution in [0.2, 0.25) is 0 Å². The fraction of sp³-hybridized carbons (Fsp3) is 0.375. The second kappa shape index (κ2) is 2.87. The van der Waals surface area contributed by atoms with E-state index in [1.807, 2.05) is 6.07 Å². The lowest BCUT2D eigenvalue weighted by Gasteiger charge is -2.23. The van der Waals surface area contributed by atoms with Gasteiger partial charge in [-0.25, -0.2) is 0 Å². The van der Waals surface area contributed by atoms with E-state index in [4.69, 9.17) is 10.00 Å². The van der Waals surface area contributed by atoms with E-state index in [0.717, 1.165) is 0 Å². The van der Waals surface area contributed by atoms with Crippen LogP contribution < -0.4 is 0 Å². The monoisotopic (exact) mass is 151 g/mol. The van der Waals surface area contributed by atoms with Crippen LogP contribution in [0.25, 0.3) is 0 Å². The molecule has 0 fully saturated rings. The SMILES string of the molecule is COC1(O)C=CC(C#N)=CC1. The zero-order valence-corrected chi connectivity index (χ0v) is 6.24. The van der Waals surface area contributed by atoms with Gasteiger partial charge in [0.25, 0.3) is 0 Å². The Morgan fingerprint density at radius 3 is 2.91 bits per heavy atom. The van der Waals surface area contributed by atoms with Crippen LogP contribution in [0.1, 0.15) is 6.42 Å². The summed E-state index contributed by atoms with van der Waals surface area (Å²) in [5.41, 5.74) is 0.562. The van der Waals surface area contributed by atoms with Gasteiger partial charge in [-0.2, -0.15) is 5.26 Å². The lowest BCUT2D eigenvalue weighted by Crippen LogP contribution is -2.28. The number of allylic oxidation sites excluding steroid dienone is 2. The summed E-state index contributed by atoms with van der Waals surface area (Å²) in [5, 5.41) is 17.9. The summed E-state index contributed by atoms with van der Waals surface area (Å²) in [4.78, 5) is 0. The number of methoxy groups -OCH3 is 1. The Balaban J connectivity index is 2.73. The molecular weight excluding hydrogens is 142 g/mol. The third-order valence-corrected chi connectivity index (χ3v) is 1.62. The Hall–Kier alpha value is -1.11. The first-order valence-electron chi connectivity index (χ1n) is 3.27. The highest BCUT2D eigenvalue weighted by atomic mass is 16.6. The number of hydrogen-bond acceptors (Lipinski definition) is 3. The molecule has 0 saturated carbocycles. The quantitative estimate of drug-likeness (QED) is 0.562. The van der Waals surface area contributed by atoms with Crippen LogP contribution in [0.3, 0.4) is 0 Å². The Bertz CT molecular complexity index is 249. The van der Waals surface area contributed by atoms with Crippen LogP contribution in [-0.2, 0) is 4.74 Å². The molecule has 0 aliphatic heterocycles. The van der Waals surface area contributed by atoms with Gasteiger partial charge in [0.15, 0.2) is 5.79 Å². The van der Waals surface area contributed by atoms with E-state index in [1.165, 1.54) is 13.2 Å². The molecule has 3 heteroatoms. The maximum Gasteiger partial charge on any atom is 0.188 e. The summed E-state index contributed by atoms with van der Waals surface area (Å²) >= 11 is 0. The number of rotatable bonds is 1. The Labute approximate surface area is 65.2 Å². The van der Waals surface area contributed by atoms with Gasteiger partial charge < -0.3 is 9.84 Å². The molecule has 11 heavy (non-hydrogen) atoms. The molecule has 3 nitrogen and oxygen atoms in total. The van der Waals surface area contributed by atoms with Gasteiger partial charge in [0.1, 0.15) is 0 Å². The highest BCUT2D eigenvalue weighted by molar-refractivity contribution is 5.36. The van der Waals surface area contributed by atoms with Crippen molar-refractivity contribution in [2.24, 2.45) is 0 Å². The molecule has 0 aromatic heterocycles. The number of aliphatic hydroxyl groups is 1. The summed E-state index contributed by atoms with van der Waals surface area (Å²) in [5.74, 6) is -1.21. The van der Waals surface area contributed by atoms with Gasteiger partial charge >= 0.3 is 0 Å². The van der Waals surface area contributed by atoms with E-state index >= 15 is 0 Å². The van der Waals surface area contributed by atoms with Gasteiger partial charge in [-0.15, -0.1) is 0 Å². The fourth-order valence-electron chi connectivity index (χ4n) is 0.847. The maximum atomic E-state index is 9.43. The van der Waals surface area contributed by atoms with E-state index in [1.54, 1.807) is 12.2 Å². The molecule has 58 valence electrons. The van der Waals surface area contributed by atoms with Crippen LogP contribution in [0.5, 0.6) is 0 Å². The second-order valence-electron chi connectivity index (χ2n) is 2.36. The van der Waals surface area contributed by atoms with Gasteiger partial charge in [0.05, 0.1) is 6.07 Å². The molecule has 1 N–H and O–H groups in total. The first-order valence-corrected chi connectivity index (χ1v) is 3.27. The zero-order chi connectivity index (χ0) is 8.32. The molecule has 0 radical (unpaired) electrons. The third-order valence-electron chi connectivity index (χ3n) is 1.62. The molecule has 0 heterocycles. The van der Waals surface area contributed by atoms with Gasteiger partial charge in [0.2, 0.25) is 0 Å². The third kappa shape index (κ3) is 1.67. The normalized spacial score (nSPS) is 29.4. The van der Waals surface area contributed by atoms with E-state index in [2.05, 4.69) is 0 Å². The van der Waals surface area contributed by atoms with Crippen molar-refractivity contribution in [3.63, 3.8) is 0 Å². The number of ether oxygens (including phenoxy) is 1. The fourth-order valence-corrected chi connectivity index (χ4v) is 0.847. The van der Waals surface area contributed by atoms with E-state index in [-0.39, 0.29) is 0 Å². The van der Waals surface area contributed by atoms with Crippen molar-refractivity contribution >= 4 is 0 Å². The predicted molar refractivity (Wildman–Crippen MR) is 39.4 cm³/mol. The van der Waals surface area contributed by atoms with E-state index < -0.39 is 5.79 Å². The van der Waals surface area contributed by atoms with Crippen LogP contribution in [0.4, 0.5) is 0 Å². The highest BCUT2D eigenvalue weighted by Crippen LogP contribution is 2.20. The number of nitriles is 1. The predicted octanol–water partition coefficient (Wildman–Crippen LogP) is 0.731. The summed E-state index contributed by atoms with van der Waals surface area (Å²) in [6.45, 7) is 0. The standard InChI is InChI=1S/C8H9NO2/c1-11-8(10)4-2-7(6-9)3-5-8/h2-4,10H,5H2,1H3. The van der Waals surface area contributed by atoms with Crippen molar-refractivity contribution in [3.8, 4) is 6.07 Å². The molecule has 0 aromatic rings. The first kappa shape index (κ1) is 7.99. The lowest BCUT2D eigenvalue weighted by atomic mass is 10.0. The zero-order valence-electron chi connectivity index (χ0n) is 6.24. The molecule has 1 aliphatic rings. The van der Waals surface area contributed by atoms with Crippen molar-refractivity contribution in [1.82, 2.24) is 0 Å². The maximum absolute atomic E-state index is 9.43. The van der Waals surface area contributed by atoms with Crippen LogP contribution in [-0.4, -0.2) is 18.0 Å². The Morgan fingerprint density at radius 1 is 1.82 bits per heavy atom. The van der Waals surface area contributed by atoms with Crippen molar-refractivity contribution in [2.75, 3.05) is 7.11 Å². The topological polar surface area (TPSA) is 53.2 Å². The molecule has 0 amide bonds. The molecule has 1 unspecified atom stereocenters. The first-order chi connectivity index (χ1) is 5.20. The summed E-state index contributed by atoms with van der Waals surface area (Å²) in [6, 6.07) is 1.97. The molecule has 0 spiro atoms. The molecular formula is C8H9NO2. The summed E-state index contributed by atoms with van der Waals surface area (Å²) < 4.78 is 4.79. The molecule has 0 bridgehead atoms. The highest BCUT2D eigenvalue weighted by Gasteiger charge is 2.23. The number of hydrogen-bond donors (Lipinski definition) is 1. The smallest absolute Gasteiger partial charge is 0.188 e. The molecule has 1 atom stereocenters. The van der Waals surface area contributed by atoms with Crippen LogP contribution in [0, 0.1) is 11.3 Å². The number of nitrogens with zero attached hydrogens (tertiary/aromatic N) is 1.